The van der Waals surface area contributed by atoms with E-state index in [1.165, 1.54) is 6.07 Å². The van der Waals surface area contributed by atoms with Gasteiger partial charge in [0, 0.05) is 18.7 Å². The topological polar surface area (TPSA) is 41.6 Å². The number of benzene rings is 2. The van der Waals surface area contributed by atoms with E-state index >= 15 is 0 Å². The van der Waals surface area contributed by atoms with E-state index in [4.69, 9.17) is 4.74 Å². The van der Waals surface area contributed by atoms with Gasteiger partial charge in [-0.3, -0.25) is 9.69 Å². The van der Waals surface area contributed by atoms with Crippen LogP contribution in [0, 0.1) is 11.6 Å². The summed E-state index contributed by atoms with van der Waals surface area (Å²) in [6, 6.07) is 13.1. The van der Waals surface area contributed by atoms with Gasteiger partial charge in [0.05, 0.1) is 18.3 Å². The second-order valence-corrected chi connectivity index (χ2v) is 6.73. The maximum atomic E-state index is 13.9. The van der Waals surface area contributed by atoms with Crippen molar-refractivity contribution < 1.29 is 18.3 Å². The fourth-order valence-corrected chi connectivity index (χ4v) is 3.54. The average Bonchev–Trinajstić information content (AvgIpc) is 3.49. The molecule has 0 bridgehead atoms. The molecule has 2 fully saturated rings. The van der Waals surface area contributed by atoms with Gasteiger partial charge in [0.2, 0.25) is 0 Å². The van der Waals surface area contributed by atoms with Gasteiger partial charge in [-0.1, -0.05) is 30.3 Å². The van der Waals surface area contributed by atoms with Crippen LogP contribution in [0.4, 0.5) is 14.5 Å². The molecular formula is C20H20F2N2O2. The Morgan fingerprint density at radius 1 is 1.12 bits per heavy atom. The zero-order valence-corrected chi connectivity index (χ0v) is 14.2. The zero-order valence-electron chi connectivity index (χ0n) is 14.2. The van der Waals surface area contributed by atoms with Crippen LogP contribution in [0.25, 0.3) is 0 Å². The summed E-state index contributed by atoms with van der Waals surface area (Å²) in [6.45, 7) is 1.21. The van der Waals surface area contributed by atoms with Gasteiger partial charge in [-0.2, -0.15) is 0 Å². The SMILES string of the molecule is O=C(Nc1ccc(F)cc1F)[C@@H]1OCCN(C2CC2)[C@H]1c1ccccc1. The number of nitrogens with one attached hydrogen (secondary N) is 1. The van der Waals surface area contributed by atoms with Crippen molar-refractivity contribution in [1.82, 2.24) is 4.90 Å². The maximum absolute atomic E-state index is 13.9. The number of amides is 1. The molecule has 0 spiro atoms. The summed E-state index contributed by atoms with van der Waals surface area (Å²) in [7, 11) is 0. The molecule has 6 heteroatoms. The van der Waals surface area contributed by atoms with Crippen molar-refractivity contribution in [3.8, 4) is 0 Å². The molecule has 4 rings (SSSR count). The van der Waals surface area contributed by atoms with Crippen molar-refractivity contribution in [2.24, 2.45) is 0 Å². The first kappa shape index (κ1) is 17.1. The third-order valence-corrected chi connectivity index (χ3v) is 4.90. The minimum atomic E-state index is -0.801. The van der Waals surface area contributed by atoms with Crippen molar-refractivity contribution in [3.05, 3.63) is 65.7 Å². The van der Waals surface area contributed by atoms with Gasteiger partial charge in [0.25, 0.3) is 5.91 Å². The number of hydrogen-bond donors (Lipinski definition) is 1. The molecule has 2 aliphatic rings. The molecule has 26 heavy (non-hydrogen) atoms. The van der Waals surface area contributed by atoms with Crippen molar-refractivity contribution in [2.45, 2.75) is 31.0 Å². The van der Waals surface area contributed by atoms with Gasteiger partial charge in [-0.25, -0.2) is 8.78 Å². The fraction of sp³-hybridized carbons (Fsp3) is 0.350. The Labute approximate surface area is 150 Å². The smallest absolute Gasteiger partial charge is 0.255 e. The van der Waals surface area contributed by atoms with E-state index in [1.54, 1.807) is 0 Å². The molecule has 0 unspecified atom stereocenters. The van der Waals surface area contributed by atoms with E-state index in [0.717, 1.165) is 37.1 Å². The first-order valence-electron chi connectivity index (χ1n) is 8.81. The highest BCUT2D eigenvalue weighted by Gasteiger charge is 2.44. The minimum Gasteiger partial charge on any atom is -0.365 e. The molecule has 136 valence electrons. The van der Waals surface area contributed by atoms with Crippen molar-refractivity contribution >= 4 is 11.6 Å². The summed E-state index contributed by atoms with van der Waals surface area (Å²) in [4.78, 5) is 15.2. The molecule has 2 atom stereocenters. The number of nitrogens with zero attached hydrogens (tertiary/aromatic N) is 1. The lowest BCUT2D eigenvalue weighted by Crippen LogP contribution is -2.51. The highest BCUT2D eigenvalue weighted by Crippen LogP contribution is 2.39. The molecule has 2 aromatic rings. The Hall–Kier alpha value is -2.31. The number of morpholine rings is 1. The van der Waals surface area contributed by atoms with Gasteiger partial charge in [-0.15, -0.1) is 0 Å². The van der Waals surface area contributed by atoms with E-state index < -0.39 is 23.6 Å². The molecule has 1 aliphatic heterocycles. The molecule has 2 aromatic carbocycles. The van der Waals surface area contributed by atoms with Crippen LogP contribution < -0.4 is 5.32 Å². The van der Waals surface area contributed by atoms with E-state index in [0.29, 0.717) is 12.6 Å². The molecule has 1 amide bonds. The van der Waals surface area contributed by atoms with Gasteiger partial charge in [0.1, 0.15) is 11.6 Å². The van der Waals surface area contributed by atoms with Crippen LogP contribution in [0.1, 0.15) is 24.4 Å². The minimum absolute atomic E-state index is 0.0460. The van der Waals surface area contributed by atoms with E-state index in [9.17, 15) is 13.6 Å². The molecule has 1 aliphatic carbocycles. The first-order chi connectivity index (χ1) is 12.6. The third kappa shape index (κ3) is 3.48. The highest BCUT2D eigenvalue weighted by atomic mass is 19.1. The van der Waals surface area contributed by atoms with Crippen LogP contribution in [0.5, 0.6) is 0 Å². The number of rotatable bonds is 4. The fourth-order valence-electron chi connectivity index (χ4n) is 3.54. The van der Waals surface area contributed by atoms with E-state index in [-0.39, 0.29) is 11.7 Å². The predicted molar refractivity (Wildman–Crippen MR) is 93.6 cm³/mol. The zero-order chi connectivity index (χ0) is 18.1. The van der Waals surface area contributed by atoms with Crippen molar-refractivity contribution in [3.63, 3.8) is 0 Å². The number of ether oxygens (including phenoxy) is 1. The molecule has 0 aromatic heterocycles. The lowest BCUT2D eigenvalue weighted by atomic mass is 9.97. The molecule has 1 saturated carbocycles. The predicted octanol–water partition coefficient (Wildman–Crippen LogP) is 3.51. The molecule has 0 radical (unpaired) electrons. The molecule has 1 N–H and O–H groups in total. The van der Waals surface area contributed by atoms with Crippen LogP contribution in [0.15, 0.2) is 48.5 Å². The van der Waals surface area contributed by atoms with Crippen LogP contribution >= 0.6 is 0 Å². The quantitative estimate of drug-likeness (QED) is 0.909. The Morgan fingerprint density at radius 2 is 1.88 bits per heavy atom. The summed E-state index contributed by atoms with van der Waals surface area (Å²) in [5, 5.41) is 2.55. The van der Waals surface area contributed by atoms with Crippen LogP contribution in [-0.2, 0) is 9.53 Å². The number of carbonyl (C=O) groups excluding carboxylic acids is 1. The summed E-state index contributed by atoms with van der Waals surface area (Å²) in [5.41, 5.74) is 0.953. The maximum Gasteiger partial charge on any atom is 0.255 e. The summed E-state index contributed by atoms with van der Waals surface area (Å²) < 4.78 is 32.8. The van der Waals surface area contributed by atoms with Gasteiger partial charge in [0.15, 0.2) is 6.10 Å². The Balaban J connectivity index is 1.60. The summed E-state index contributed by atoms with van der Waals surface area (Å²) in [5.74, 6) is -1.91. The standard InChI is InChI=1S/C20H20F2N2O2/c21-14-6-9-17(16(22)12-14)23-20(25)19-18(13-4-2-1-3-5-13)24(10-11-26-19)15-7-8-15/h1-6,9,12,15,18-19H,7-8,10-11H2,(H,23,25)/t18-,19+/m0/s1. The van der Waals surface area contributed by atoms with Crippen LogP contribution in [0.3, 0.4) is 0 Å². The average molecular weight is 358 g/mol. The molecule has 4 nitrogen and oxygen atoms in total. The second-order valence-electron chi connectivity index (χ2n) is 6.73. The summed E-state index contributed by atoms with van der Waals surface area (Å²) in [6.07, 6.45) is 1.48. The van der Waals surface area contributed by atoms with Crippen molar-refractivity contribution in [1.29, 1.82) is 0 Å². The normalized spacial score (nSPS) is 23.6. The lowest BCUT2D eigenvalue weighted by molar-refractivity contribution is -0.141. The first-order valence-corrected chi connectivity index (χ1v) is 8.81. The monoisotopic (exact) mass is 358 g/mol. The number of carbonyl (C=O) groups is 1. The number of hydrogen-bond acceptors (Lipinski definition) is 3. The lowest BCUT2D eigenvalue weighted by Gasteiger charge is -2.41. The summed E-state index contributed by atoms with van der Waals surface area (Å²) >= 11 is 0. The Morgan fingerprint density at radius 3 is 2.58 bits per heavy atom. The van der Waals surface area contributed by atoms with Gasteiger partial charge < -0.3 is 10.1 Å². The van der Waals surface area contributed by atoms with Crippen LogP contribution in [-0.4, -0.2) is 36.1 Å². The van der Waals surface area contributed by atoms with E-state index in [1.807, 2.05) is 30.3 Å². The molecular weight excluding hydrogens is 338 g/mol. The largest absolute Gasteiger partial charge is 0.365 e. The third-order valence-electron chi connectivity index (χ3n) is 4.90. The number of anilines is 1. The van der Waals surface area contributed by atoms with Gasteiger partial charge >= 0.3 is 0 Å². The number of halogens is 2. The molecule has 1 heterocycles. The van der Waals surface area contributed by atoms with Crippen LogP contribution in [0.2, 0.25) is 0 Å². The van der Waals surface area contributed by atoms with Gasteiger partial charge in [-0.05, 0) is 30.5 Å². The molecule has 1 saturated heterocycles. The Bertz CT molecular complexity index is 796. The Kier molecular flexibility index (Phi) is 4.70. The van der Waals surface area contributed by atoms with E-state index in [2.05, 4.69) is 10.2 Å². The highest BCUT2D eigenvalue weighted by molar-refractivity contribution is 5.95. The second kappa shape index (κ2) is 7.13. The van der Waals surface area contributed by atoms with Crippen molar-refractivity contribution in [2.75, 3.05) is 18.5 Å².